The van der Waals surface area contributed by atoms with Crippen molar-refractivity contribution in [2.75, 3.05) is 0 Å². The maximum Gasteiger partial charge on any atom is 0.0640 e. The van der Waals surface area contributed by atoms with Gasteiger partial charge in [0.1, 0.15) is 0 Å². The van der Waals surface area contributed by atoms with Gasteiger partial charge < -0.3 is 5.41 Å². The zero-order chi connectivity index (χ0) is 8.43. The van der Waals surface area contributed by atoms with Crippen LogP contribution in [0.2, 0.25) is 0 Å². The highest BCUT2D eigenvalue weighted by atomic mass is 32.1. The molecule has 1 rings (SSSR count). The second-order valence-electron chi connectivity index (χ2n) is 2.78. The second kappa shape index (κ2) is 4.31. The van der Waals surface area contributed by atoms with Crippen molar-refractivity contribution in [3.8, 4) is 0 Å². The van der Waals surface area contributed by atoms with Crippen molar-refractivity contribution in [1.29, 1.82) is 5.41 Å². The van der Waals surface area contributed by atoms with Crippen molar-refractivity contribution < 1.29 is 0 Å². The first kappa shape index (κ1) is 11.2. The molecule has 0 saturated carbocycles. The van der Waals surface area contributed by atoms with E-state index in [1.807, 2.05) is 32.9 Å². The molecule has 0 saturated heterocycles. The Morgan fingerprint density at radius 3 is 2.08 bits per heavy atom. The van der Waals surface area contributed by atoms with Crippen LogP contribution in [0.15, 0.2) is 34.9 Å². The summed E-state index contributed by atoms with van der Waals surface area (Å²) in [6.45, 7) is 5.97. The largest absolute Gasteiger partial charge is 0.300 e. The zero-order valence-corrected chi connectivity index (χ0v) is 8.73. The first-order chi connectivity index (χ1) is 5.16. The van der Waals surface area contributed by atoms with Crippen LogP contribution in [0, 0.1) is 5.41 Å². The third-order valence-corrected chi connectivity index (χ3v) is 1.96. The van der Waals surface area contributed by atoms with Crippen LogP contribution in [0.5, 0.6) is 0 Å². The summed E-state index contributed by atoms with van der Waals surface area (Å²) in [5.74, 6) is 0. The molecule has 0 fully saturated rings. The average Bonchev–Trinajstić information content (AvgIpc) is 1.99. The minimum atomic E-state index is 0. The molecule has 0 radical (unpaired) electrons. The summed E-state index contributed by atoms with van der Waals surface area (Å²) in [7, 11) is 0. The van der Waals surface area contributed by atoms with E-state index < -0.39 is 0 Å². The maximum absolute atomic E-state index is 7.70. The van der Waals surface area contributed by atoms with Crippen LogP contribution in [-0.2, 0) is 0 Å². The highest BCUT2D eigenvalue weighted by Gasteiger charge is 2.10. The number of hydrogen-bond donors (Lipinski definition) is 1. The van der Waals surface area contributed by atoms with Gasteiger partial charge in [-0.3, -0.25) is 0 Å². The van der Waals surface area contributed by atoms with Gasteiger partial charge in [0.15, 0.2) is 0 Å². The fourth-order valence-electron chi connectivity index (χ4n) is 1.20. The number of hydrogen-bond acceptors (Lipinski definition) is 1. The topological polar surface area (TPSA) is 23.9 Å². The Morgan fingerprint density at radius 2 is 1.67 bits per heavy atom. The Kier molecular flexibility index (Phi) is 4.04. The highest BCUT2D eigenvalue weighted by molar-refractivity contribution is 7.59. The van der Waals surface area contributed by atoms with Gasteiger partial charge in [0.05, 0.1) is 5.71 Å². The zero-order valence-electron chi connectivity index (χ0n) is 7.73. The van der Waals surface area contributed by atoms with Crippen molar-refractivity contribution in [3.05, 3.63) is 34.9 Å². The summed E-state index contributed by atoms with van der Waals surface area (Å²) < 4.78 is 0. The van der Waals surface area contributed by atoms with E-state index in [0.717, 1.165) is 11.1 Å². The Morgan fingerprint density at radius 1 is 1.17 bits per heavy atom. The van der Waals surface area contributed by atoms with Gasteiger partial charge in [0, 0.05) is 0 Å². The molecule has 0 aliphatic heterocycles. The molecule has 2 heteroatoms. The van der Waals surface area contributed by atoms with Crippen LogP contribution in [0.3, 0.4) is 0 Å². The third kappa shape index (κ3) is 1.89. The summed E-state index contributed by atoms with van der Waals surface area (Å²) in [5, 5.41) is 7.70. The van der Waals surface area contributed by atoms with Gasteiger partial charge in [-0.2, -0.15) is 13.5 Å². The lowest BCUT2D eigenvalue weighted by molar-refractivity contribution is 1.33. The van der Waals surface area contributed by atoms with E-state index >= 15 is 0 Å². The number of rotatable bonds is 0. The van der Waals surface area contributed by atoms with Gasteiger partial charge in [0.25, 0.3) is 0 Å². The van der Waals surface area contributed by atoms with Crippen molar-refractivity contribution in [2.24, 2.45) is 0 Å². The van der Waals surface area contributed by atoms with E-state index in [-0.39, 0.29) is 13.5 Å². The Balaban J connectivity index is 0.00000121. The van der Waals surface area contributed by atoms with E-state index in [2.05, 4.69) is 6.08 Å². The Hall–Kier alpha value is -0.760. The quantitative estimate of drug-likeness (QED) is 0.594. The summed E-state index contributed by atoms with van der Waals surface area (Å²) in [4.78, 5) is 0. The molecule has 0 spiro atoms. The van der Waals surface area contributed by atoms with Crippen molar-refractivity contribution in [1.82, 2.24) is 0 Å². The number of nitrogens with one attached hydrogen (secondary N) is 1. The van der Waals surface area contributed by atoms with Gasteiger partial charge in [-0.1, -0.05) is 18.2 Å². The smallest absolute Gasteiger partial charge is 0.0640 e. The van der Waals surface area contributed by atoms with Crippen LogP contribution in [0.25, 0.3) is 0 Å². The van der Waals surface area contributed by atoms with Crippen molar-refractivity contribution >= 4 is 19.2 Å². The lowest BCUT2D eigenvalue weighted by Crippen LogP contribution is -2.07. The predicted octanol–water partition coefficient (Wildman–Crippen LogP) is 2.97. The highest BCUT2D eigenvalue weighted by Crippen LogP contribution is 2.20. The molecule has 12 heavy (non-hydrogen) atoms. The third-order valence-electron chi connectivity index (χ3n) is 1.96. The molecule has 1 aliphatic rings. The molecule has 1 N–H and O–H groups in total. The summed E-state index contributed by atoms with van der Waals surface area (Å²) in [5.41, 5.74) is 3.95. The molecule has 66 valence electrons. The molecule has 0 aromatic carbocycles. The summed E-state index contributed by atoms with van der Waals surface area (Å²) in [6.07, 6.45) is 6.04. The molecular weight excluding hydrogens is 166 g/mol. The minimum absolute atomic E-state index is 0. The van der Waals surface area contributed by atoms with E-state index in [4.69, 9.17) is 5.41 Å². The van der Waals surface area contributed by atoms with E-state index in [1.165, 1.54) is 5.57 Å². The predicted molar refractivity (Wildman–Crippen MR) is 59.4 cm³/mol. The monoisotopic (exact) mass is 181 g/mol. The lowest BCUT2D eigenvalue weighted by Gasteiger charge is -2.13. The molecular formula is C10H15NS. The summed E-state index contributed by atoms with van der Waals surface area (Å²) in [6, 6.07) is 0. The van der Waals surface area contributed by atoms with Crippen LogP contribution in [0.4, 0.5) is 0 Å². The van der Waals surface area contributed by atoms with E-state index in [9.17, 15) is 0 Å². The fourth-order valence-corrected chi connectivity index (χ4v) is 1.20. The van der Waals surface area contributed by atoms with Crippen LogP contribution >= 0.6 is 13.5 Å². The molecule has 0 bridgehead atoms. The van der Waals surface area contributed by atoms with Gasteiger partial charge >= 0.3 is 0 Å². The normalized spacial score (nSPS) is 19.9. The fraction of sp³-hybridized carbons (Fsp3) is 0.300. The van der Waals surface area contributed by atoms with Crippen LogP contribution in [-0.4, -0.2) is 5.71 Å². The Labute approximate surface area is 80.8 Å². The Bertz CT molecular complexity index is 278. The van der Waals surface area contributed by atoms with Gasteiger partial charge in [0.2, 0.25) is 0 Å². The minimum Gasteiger partial charge on any atom is -0.300 e. The maximum atomic E-state index is 7.70. The SMILES string of the molecule is C/C=C1/C(=N)C(C)=CC=C1C.S. The summed E-state index contributed by atoms with van der Waals surface area (Å²) >= 11 is 0. The van der Waals surface area contributed by atoms with Crippen LogP contribution < -0.4 is 0 Å². The molecule has 0 amide bonds. The molecule has 1 aliphatic carbocycles. The van der Waals surface area contributed by atoms with Crippen molar-refractivity contribution in [3.63, 3.8) is 0 Å². The van der Waals surface area contributed by atoms with E-state index in [0.29, 0.717) is 5.71 Å². The van der Waals surface area contributed by atoms with Crippen LogP contribution in [0.1, 0.15) is 20.8 Å². The molecule has 1 nitrogen and oxygen atoms in total. The number of allylic oxidation sites excluding steroid dienone is 6. The molecule has 0 atom stereocenters. The average molecular weight is 181 g/mol. The molecule has 0 unspecified atom stereocenters. The van der Waals surface area contributed by atoms with Gasteiger partial charge in [-0.05, 0) is 37.5 Å². The molecule has 0 aromatic heterocycles. The van der Waals surface area contributed by atoms with Crippen molar-refractivity contribution in [2.45, 2.75) is 20.8 Å². The molecule has 0 aromatic rings. The lowest BCUT2D eigenvalue weighted by atomic mass is 9.92. The second-order valence-corrected chi connectivity index (χ2v) is 2.78. The standard InChI is InChI=1S/C10H13N.H2S/c1-4-9-7(2)5-6-8(3)10(9)11;/h4-6,11H,1-3H3;1H2/b9-4+,11-10?;. The van der Waals surface area contributed by atoms with E-state index in [1.54, 1.807) is 0 Å². The van der Waals surface area contributed by atoms with Gasteiger partial charge in [-0.15, -0.1) is 0 Å². The van der Waals surface area contributed by atoms with Gasteiger partial charge in [-0.25, -0.2) is 0 Å². The first-order valence-electron chi connectivity index (χ1n) is 3.78. The molecule has 0 heterocycles. The first-order valence-corrected chi connectivity index (χ1v) is 3.78.